The summed E-state index contributed by atoms with van der Waals surface area (Å²) in [5, 5.41) is 0. The van der Waals surface area contributed by atoms with Crippen molar-refractivity contribution in [3.05, 3.63) is 0 Å². The number of hydrogen-bond donors (Lipinski definition) is 0. The van der Waals surface area contributed by atoms with Gasteiger partial charge in [-0.2, -0.15) is 0 Å². The summed E-state index contributed by atoms with van der Waals surface area (Å²) in [5.74, 6) is -0.104. The van der Waals surface area contributed by atoms with E-state index in [1.807, 2.05) is 13.8 Å². The number of carbonyl (C=O) groups excluding carboxylic acids is 1. The molecule has 0 rings (SSSR count). The summed E-state index contributed by atoms with van der Waals surface area (Å²) in [4.78, 5) is 11.3. The summed E-state index contributed by atoms with van der Waals surface area (Å²) < 4.78 is 6.24. The predicted molar refractivity (Wildman–Crippen MR) is 62.5 cm³/mol. The van der Waals surface area contributed by atoms with Gasteiger partial charge in [0.25, 0.3) is 0 Å². The molecule has 0 saturated carbocycles. The van der Waals surface area contributed by atoms with Gasteiger partial charge in [0.05, 0.1) is 25.6 Å². The van der Waals surface area contributed by atoms with E-state index in [0.717, 1.165) is 30.7 Å². The quantitative estimate of drug-likeness (QED) is 0.481. The van der Waals surface area contributed by atoms with E-state index in [1.165, 1.54) is 0 Å². The first kappa shape index (κ1) is 14.4. The van der Waals surface area contributed by atoms with E-state index >= 15 is 0 Å². The lowest BCUT2D eigenvalue weighted by Crippen LogP contribution is -2.49. The Morgan fingerprint density at radius 1 is 1.13 bits per heavy atom. The smallest absolute Gasteiger partial charge is 0.308 e. The van der Waals surface area contributed by atoms with E-state index in [1.54, 1.807) is 0 Å². The highest BCUT2D eigenvalue weighted by atomic mass is 16.5. The minimum absolute atomic E-state index is 0.0169. The van der Waals surface area contributed by atoms with Crippen LogP contribution in [0.25, 0.3) is 0 Å². The highest BCUT2D eigenvalue weighted by Crippen LogP contribution is 2.06. The van der Waals surface area contributed by atoms with Crippen LogP contribution < -0.4 is 0 Å². The van der Waals surface area contributed by atoms with E-state index in [-0.39, 0.29) is 11.9 Å². The lowest BCUT2D eigenvalue weighted by molar-refractivity contribution is -0.923. The number of nitrogens with zero attached hydrogens (tertiary/aromatic N) is 1. The molecule has 0 N–H and O–H groups in total. The maximum atomic E-state index is 11.3. The fraction of sp³-hybridized carbons (Fsp3) is 0.917. The molecule has 0 aliphatic rings. The fourth-order valence-corrected chi connectivity index (χ4v) is 1.65. The van der Waals surface area contributed by atoms with Crippen LogP contribution in [0.3, 0.4) is 0 Å². The highest BCUT2D eigenvalue weighted by molar-refractivity contribution is 5.71. The van der Waals surface area contributed by atoms with Crippen LogP contribution in [0.5, 0.6) is 0 Å². The monoisotopic (exact) mass is 216 g/mol. The van der Waals surface area contributed by atoms with Crippen molar-refractivity contribution in [1.29, 1.82) is 0 Å². The second-order valence-corrected chi connectivity index (χ2v) is 4.34. The molecule has 3 nitrogen and oxygen atoms in total. The lowest BCUT2D eigenvalue weighted by Gasteiger charge is -2.35. The third-order valence-electron chi connectivity index (χ3n) is 3.29. The van der Waals surface area contributed by atoms with Crippen LogP contribution in [-0.4, -0.2) is 43.2 Å². The molecule has 0 unspecified atom stereocenters. The predicted octanol–water partition coefficient (Wildman–Crippen LogP) is 2.06. The van der Waals surface area contributed by atoms with Gasteiger partial charge in [0.1, 0.15) is 13.2 Å². The Balaban J connectivity index is 3.96. The number of hydrogen-bond acceptors (Lipinski definition) is 2. The number of esters is 1. The number of carbonyl (C=O) groups is 1. The molecule has 0 aromatic rings. The van der Waals surface area contributed by atoms with Crippen molar-refractivity contribution in [1.82, 2.24) is 0 Å². The molecular formula is C12H26NO2+. The molecular weight excluding hydrogens is 190 g/mol. The van der Waals surface area contributed by atoms with Gasteiger partial charge in [-0.25, -0.2) is 0 Å². The molecule has 0 aliphatic heterocycles. The fourth-order valence-electron chi connectivity index (χ4n) is 1.65. The van der Waals surface area contributed by atoms with E-state index in [0.29, 0.717) is 6.61 Å². The Hall–Kier alpha value is -0.570. The van der Waals surface area contributed by atoms with Crippen molar-refractivity contribution in [3.63, 3.8) is 0 Å². The van der Waals surface area contributed by atoms with Crippen LogP contribution in [0.1, 0.15) is 34.6 Å². The van der Waals surface area contributed by atoms with Gasteiger partial charge in [-0.1, -0.05) is 13.8 Å². The van der Waals surface area contributed by atoms with Crippen LogP contribution in [-0.2, 0) is 9.53 Å². The van der Waals surface area contributed by atoms with Gasteiger partial charge in [0.2, 0.25) is 0 Å². The first-order chi connectivity index (χ1) is 7.01. The molecule has 0 aromatic heterocycles. The van der Waals surface area contributed by atoms with Gasteiger partial charge in [-0.3, -0.25) is 4.79 Å². The van der Waals surface area contributed by atoms with Crippen molar-refractivity contribution in [2.45, 2.75) is 34.6 Å². The van der Waals surface area contributed by atoms with Crippen molar-refractivity contribution >= 4 is 5.97 Å². The molecule has 0 spiro atoms. The molecule has 0 heterocycles. The third kappa shape index (κ3) is 4.65. The largest absolute Gasteiger partial charge is 0.459 e. The van der Waals surface area contributed by atoms with Crippen LogP contribution >= 0.6 is 0 Å². The summed E-state index contributed by atoms with van der Waals surface area (Å²) in [7, 11) is 0. The van der Waals surface area contributed by atoms with E-state index < -0.39 is 0 Å². The molecule has 0 aliphatic carbocycles. The van der Waals surface area contributed by atoms with Gasteiger partial charge in [0, 0.05) is 0 Å². The molecule has 0 radical (unpaired) electrons. The summed E-state index contributed by atoms with van der Waals surface area (Å²) in [6, 6.07) is 0. The molecule has 0 bridgehead atoms. The topological polar surface area (TPSA) is 26.3 Å². The summed E-state index contributed by atoms with van der Waals surface area (Å²) in [6.45, 7) is 15.1. The van der Waals surface area contributed by atoms with Crippen molar-refractivity contribution < 1.29 is 14.0 Å². The number of ether oxygens (including phenoxy) is 1. The van der Waals surface area contributed by atoms with Crippen LogP contribution in [0.4, 0.5) is 0 Å². The normalized spacial score (nSPS) is 11.9. The van der Waals surface area contributed by atoms with Gasteiger partial charge in [-0.15, -0.1) is 0 Å². The zero-order valence-corrected chi connectivity index (χ0v) is 10.9. The third-order valence-corrected chi connectivity index (χ3v) is 3.29. The zero-order valence-electron chi connectivity index (χ0n) is 10.9. The van der Waals surface area contributed by atoms with Gasteiger partial charge >= 0.3 is 5.97 Å². The molecule has 0 saturated heterocycles. The molecule has 15 heavy (non-hydrogen) atoms. The molecule has 0 amide bonds. The Kier molecular flexibility index (Phi) is 6.57. The molecule has 0 atom stereocenters. The van der Waals surface area contributed by atoms with Crippen molar-refractivity contribution in [2.75, 3.05) is 32.8 Å². The Morgan fingerprint density at radius 3 is 1.93 bits per heavy atom. The molecule has 90 valence electrons. The van der Waals surface area contributed by atoms with E-state index in [9.17, 15) is 4.79 Å². The maximum absolute atomic E-state index is 11.3. The summed E-state index contributed by atoms with van der Waals surface area (Å²) in [6.07, 6.45) is 0. The average Bonchev–Trinajstić information content (AvgIpc) is 2.24. The Bertz CT molecular complexity index is 178. The van der Waals surface area contributed by atoms with Gasteiger partial charge in [0.15, 0.2) is 0 Å². The number of likely N-dealkylation sites (N-methyl/N-ethyl adjacent to an activating group) is 1. The first-order valence-corrected chi connectivity index (χ1v) is 6.03. The second kappa shape index (κ2) is 6.83. The zero-order chi connectivity index (χ0) is 11.9. The Labute approximate surface area is 94.0 Å². The average molecular weight is 216 g/mol. The van der Waals surface area contributed by atoms with Crippen LogP contribution in [0, 0.1) is 5.92 Å². The van der Waals surface area contributed by atoms with E-state index in [2.05, 4.69) is 20.8 Å². The second-order valence-electron chi connectivity index (χ2n) is 4.34. The van der Waals surface area contributed by atoms with E-state index in [4.69, 9.17) is 4.74 Å². The highest BCUT2D eigenvalue weighted by Gasteiger charge is 2.21. The van der Waals surface area contributed by atoms with Gasteiger partial charge in [-0.05, 0) is 20.8 Å². The summed E-state index contributed by atoms with van der Waals surface area (Å²) >= 11 is 0. The minimum atomic E-state index is -0.0867. The van der Waals surface area contributed by atoms with Crippen LogP contribution in [0.15, 0.2) is 0 Å². The molecule has 0 fully saturated rings. The van der Waals surface area contributed by atoms with Crippen LogP contribution in [0.2, 0.25) is 0 Å². The minimum Gasteiger partial charge on any atom is -0.459 e. The standard InChI is InChI=1S/C12H26NO2/c1-6-13(7-2,8-3)9-10-15-12(14)11(4)5/h11H,6-10H2,1-5H3/q+1. The lowest BCUT2D eigenvalue weighted by atomic mass is 10.2. The van der Waals surface area contributed by atoms with Gasteiger partial charge < -0.3 is 9.22 Å². The molecule has 3 heteroatoms. The first-order valence-electron chi connectivity index (χ1n) is 6.03. The summed E-state index contributed by atoms with van der Waals surface area (Å²) in [5.41, 5.74) is 0. The molecule has 0 aromatic carbocycles. The number of rotatable bonds is 7. The maximum Gasteiger partial charge on any atom is 0.308 e. The van der Waals surface area contributed by atoms with Crippen molar-refractivity contribution in [3.8, 4) is 0 Å². The SMILES string of the molecule is CC[N+](CC)(CC)CCOC(=O)C(C)C. The van der Waals surface area contributed by atoms with Crippen molar-refractivity contribution in [2.24, 2.45) is 5.92 Å². The number of quaternary nitrogens is 1. The Morgan fingerprint density at radius 2 is 1.60 bits per heavy atom.